The molecule has 44 heavy (non-hydrogen) atoms. The Kier molecular flexibility index (Phi) is 11.2. The van der Waals surface area contributed by atoms with Crippen LogP contribution in [0.3, 0.4) is 0 Å². The minimum absolute atomic E-state index is 0.0357. The number of carbonyl (C=O) groups is 2. The van der Waals surface area contributed by atoms with Gasteiger partial charge in [-0.25, -0.2) is 8.42 Å². The Bertz CT molecular complexity index is 1660. The molecule has 0 saturated carbocycles. The first kappa shape index (κ1) is 32.8. The number of amides is 2. The van der Waals surface area contributed by atoms with Crippen LogP contribution in [-0.2, 0) is 32.6 Å². The lowest BCUT2D eigenvalue weighted by molar-refractivity contribution is -0.140. The number of rotatable bonds is 13. The molecule has 0 fully saturated rings. The minimum Gasteiger partial charge on any atom is -0.354 e. The lowest BCUT2D eigenvalue weighted by Gasteiger charge is -2.34. The van der Waals surface area contributed by atoms with Crippen LogP contribution in [0.25, 0.3) is 0 Å². The predicted octanol–water partition coefficient (Wildman–Crippen LogP) is 6.26. The zero-order valence-corrected chi connectivity index (χ0v) is 26.8. The third-order valence-electron chi connectivity index (χ3n) is 7.10. The number of halogens is 1. The van der Waals surface area contributed by atoms with E-state index in [9.17, 15) is 18.0 Å². The van der Waals surface area contributed by atoms with Crippen molar-refractivity contribution in [1.29, 1.82) is 0 Å². The largest absolute Gasteiger partial charge is 0.354 e. The standard InChI is InChI=1S/C35H38ClN3O4S/c1-26(2)23-37-35(41)33(21-28-13-6-4-7-14-28)38(24-29-15-10-12-27(3)20-29)34(40)25-39(31-17-11-16-30(36)22-31)44(42,43)32-18-8-5-9-19-32/h4-20,22,26,33H,21,23-25H2,1-3H3,(H,37,41). The normalized spacial score (nSPS) is 12.0. The van der Waals surface area contributed by atoms with Gasteiger partial charge in [0.1, 0.15) is 12.6 Å². The van der Waals surface area contributed by atoms with Crippen LogP contribution in [0.4, 0.5) is 5.69 Å². The SMILES string of the molecule is Cc1cccc(CN(C(=O)CN(c2cccc(Cl)c2)S(=O)(=O)c2ccccc2)C(Cc2ccccc2)C(=O)NCC(C)C)c1. The summed E-state index contributed by atoms with van der Waals surface area (Å²) in [6.45, 7) is 5.97. The van der Waals surface area contributed by atoms with Crippen LogP contribution in [0, 0.1) is 12.8 Å². The molecule has 0 aliphatic carbocycles. The van der Waals surface area contributed by atoms with E-state index >= 15 is 0 Å². The van der Waals surface area contributed by atoms with Gasteiger partial charge in [-0.1, -0.05) is 110 Å². The first-order valence-electron chi connectivity index (χ1n) is 14.5. The highest BCUT2D eigenvalue weighted by atomic mass is 35.5. The number of nitrogens with zero attached hydrogens (tertiary/aromatic N) is 2. The first-order valence-corrected chi connectivity index (χ1v) is 16.4. The summed E-state index contributed by atoms with van der Waals surface area (Å²) in [4.78, 5) is 29.8. The summed E-state index contributed by atoms with van der Waals surface area (Å²) in [5, 5.41) is 3.33. The maximum absolute atomic E-state index is 14.5. The number of hydrogen-bond donors (Lipinski definition) is 1. The first-order chi connectivity index (χ1) is 21.0. The van der Waals surface area contributed by atoms with Crippen molar-refractivity contribution in [2.24, 2.45) is 5.92 Å². The molecule has 0 heterocycles. The monoisotopic (exact) mass is 631 g/mol. The second-order valence-corrected chi connectivity index (χ2v) is 13.5. The maximum atomic E-state index is 14.5. The van der Waals surface area contributed by atoms with Crippen molar-refractivity contribution in [2.75, 3.05) is 17.4 Å². The van der Waals surface area contributed by atoms with Gasteiger partial charge >= 0.3 is 0 Å². The zero-order valence-electron chi connectivity index (χ0n) is 25.2. The van der Waals surface area contributed by atoms with E-state index in [1.807, 2.05) is 75.4 Å². The summed E-state index contributed by atoms with van der Waals surface area (Å²) < 4.78 is 29.1. The summed E-state index contributed by atoms with van der Waals surface area (Å²) in [7, 11) is -4.18. The molecule has 0 radical (unpaired) electrons. The van der Waals surface area contributed by atoms with Gasteiger partial charge in [-0.05, 0) is 54.3 Å². The van der Waals surface area contributed by atoms with Crippen LogP contribution in [0.1, 0.15) is 30.5 Å². The Morgan fingerprint density at radius 3 is 2.09 bits per heavy atom. The number of carbonyl (C=O) groups excluding carboxylic acids is 2. The van der Waals surface area contributed by atoms with E-state index in [-0.39, 0.29) is 35.4 Å². The fraction of sp³-hybridized carbons (Fsp3) is 0.257. The fourth-order valence-electron chi connectivity index (χ4n) is 4.86. The smallest absolute Gasteiger partial charge is 0.264 e. The number of anilines is 1. The number of sulfonamides is 1. The summed E-state index contributed by atoms with van der Waals surface area (Å²) in [6.07, 6.45) is 0.255. The second-order valence-electron chi connectivity index (χ2n) is 11.2. The van der Waals surface area contributed by atoms with Crippen molar-refractivity contribution < 1.29 is 18.0 Å². The van der Waals surface area contributed by atoms with Crippen molar-refractivity contribution in [3.8, 4) is 0 Å². The molecule has 0 aliphatic rings. The average Bonchev–Trinajstić information content (AvgIpc) is 3.01. The van der Waals surface area contributed by atoms with E-state index in [1.54, 1.807) is 36.4 Å². The highest BCUT2D eigenvalue weighted by molar-refractivity contribution is 7.92. The summed E-state index contributed by atoms with van der Waals surface area (Å²) in [6, 6.07) is 30.6. The Hall–Kier alpha value is -4.14. The van der Waals surface area contributed by atoms with E-state index in [0.29, 0.717) is 11.6 Å². The summed E-state index contributed by atoms with van der Waals surface area (Å²) in [5.41, 5.74) is 2.95. The molecule has 0 bridgehead atoms. The van der Waals surface area contributed by atoms with Crippen molar-refractivity contribution in [1.82, 2.24) is 10.2 Å². The van der Waals surface area contributed by atoms with E-state index < -0.39 is 28.5 Å². The number of aryl methyl sites for hydroxylation is 1. The Morgan fingerprint density at radius 2 is 1.45 bits per heavy atom. The van der Waals surface area contributed by atoms with E-state index in [1.165, 1.54) is 23.1 Å². The van der Waals surface area contributed by atoms with E-state index in [2.05, 4.69) is 5.32 Å². The van der Waals surface area contributed by atoms with Gasteiger partial charge in [0, 0.05) is 24.5 Å². The second kappa shape index (κ2) is 15.0. The quantitative estimate of drug-likeness (QED) is 0.189. The van der Waals surface area contributed by atoms with E-state index in [0.717, 1.165) is 21.0 Å². The van der Waals surface area contributed by atoms with Gasteiger partial charge in [-0.2, -0.15) is 0 Å². The molecule has 9 heteroatoms. The Labute approximate surface area is 265 Å². The third-order valence-corrected chi connectivity index (χ3v) is 9.12. The minimum atomic E-state index is -4.18. The molecule has 2 amide bonds. The molecule has 230 valence electrons. The van der Waals surface area contributed by atoms with Crippen LogP contribution in [-0.4, -0.2) is 44.3 Å². The molecule has 1 N–H and O–H groups in total. The average molecular weight is 632 g/mol. The Balaban J connectivity index is 1.79. The van der Waals surface area contributed by atoms with Crippen molar-refractivity contribution >= 4 is 39.1 Å². The van der Waals surface area contributed by atoms with Crippen LogP contribution in [0.5, 0.6) is 0 Å². The van der Waals surface area contributed by atoms with E-state index in [4.69, 9.17) is 11.6 Å². The van der Waals surface area contributed by atoms with Crippen LogP contribution in [0.2, 0.25) is 5.02 Å². The number of benzene rings is 4. The highest BCUT2D eigenvalue weighted by Gasteiger charge is 2.34. The molecule has 4 aromatic carbocycles. The molecular weight excluding hydrogens is 594 g/mol. The molecule has 7 nitrogen and oxygen atoms in total. The lowest BCUT2D eigenvalue weighted by Crippen LogP contribution is -2.53. The molecule has 1 atom stereocenters. The van der Waals surface area contributed by atoms with Crippen molar-refractivity contribution in [3.63, 3.8) is 0 Å². The lowest BCUT2D eigenvalue weighted by atomic mass is 10.0. The zero-order chi connectivity index (χ0) is 31.7. The van der Waals surface area contributed by atoms with Crippen LogP contribution < -0.4 is 9.62 Å². The molecule has 0 aromatic heterocycles. The van der Waals surface area contributed by atoms with Crippen molar-refractivity contribution in [2.45, 2.75) is 44.7 Å². The molecule has 1 unspecified atom stereocenters. The van der Waals surface area contributed by atoms with Gasteiger partial charge in [-0.15, -0.1) is 0 Å². The summed E-state index contributed by atoms with van der Waals surface area (Å²) >= 11 is 6.28. The van der Waals surface area contributed by atoms with Gasteiger partial charge in [-0.3, -0.25) is 13.9 Å². The Morgan fingerprint density at radius 1 is 0.818 bits per heavy atom. The molecule has 0 saturated heterocycles. The van der Waals surface area contributed by atoms with Gasteiger partial charge in [0.05, 0.1) is 10.6 Å². The number of nitrogens with one attached hydrogen (secondary N) is 1. The highest BCUT2D eigenvalue weighted by Crippen LogP contribution is 2.27. The van der Waals surface area contributed by atoms with Gasteiger partial charge in [0.25, 0.3) is 10.0 Å². The molecule has 0 aliphatic heterocycles. The van der Waals surface area contributed by atoms with Crippen molar-refractivity contribution in [3.05, 3.63) is 131 Å². The van der Waals surface area contributed by atoms with Gasteiger partial charge in [0.15, 0.2) is 0 Å². The molecule has 4 rings (SSSR count). The molecule has 0 spiro atoms. The topological polar surface area (TPSA) is 86.8 Å². The third kappa shape index (κ3) is 8.71. The number of hydrogen-bond acceptors (Lipinski definition) is 4. The van der Waals surface area contributed by atoms with Crippen LogP contribution >= 0.6 is 11.6 Å². The predicted molar refractivity (Wildman–Crippen MR) is 176 cm³/mol. The van der Waals surface area contributed by atoms with Crippen LogP contribution in [0.15, 0.2) is 114 Å². The summed E-state index contributed by atoms with van der Waals surface area (Å²) in [5.74, 6) is -0.623. The van der Waals surface area contributed by atoms with Gasteiger partial charge in [0.2, 0.25) is 11.8 Å². The maximum Gasteiger partial charge on any atom is 0.264 e. The molecular formula is C35H38ClN3O4S. The molecule has 4 aromatic rings. The fourth-order valence-corrected chi connectivity index (χ4v) is 6.47. The van der Waals surface area contributed by atoms with Gasteiger partial charge < -0.3 is 10.2 Å².